The molecule has 0 radical (unpaired) electrons. The second-order valence-electron chi connectivity index (χ2n) is 25.4. The van der Waals surface area contributed by atoms with Gasteiger partial charge in [0.05, 0.1) is 185 Å². The van der Waals surface area contributed by atoms with E-state index >= 15 is 0 Å². The molecule has 8 fully saturated rings. The van der Waals surface area contributed by atoms with Crippen LogP contribution in [0.4, 0.5) is 17.6 Å². The summed E-state index contributed by atoms with van der Waals surface area (Å²) >= 11 is 0. The van der Waals surface area contributed by atoms with Crippen molar-refractivity contribution < 1.29 is 22.3 Å². The molecule has 0 N–H and O–H groups in total. The van der Waals surface area contributed by atoms with E-state index in [9.17, 15) is 17.6 Å². The second kappa shape index (κ2) is 56.8. The van der Waals surface area contributed by atoms with Gasteiger partial charge in [0.1, 0.15) is 6.17 Å². The van der Waals surface area contributed by atoms with Crippen LogP contribution in [0.5, 0.6) is 0 Å². The number of ether oxygens (including phenoxy) is 1. The van der Waals surface area contributed by atoms with Gasteiger partial charge in [0, 0.05) is 130 Å². The van der Waals surface area contributed by atoms with Crippen LogP contribution in [0.1, 0.15) is 59.3 Å². The molecule has 0 aliphatic carbocycles. The summed E-state index contributed by atoms with van der Waals surface area (Å²) < 4.78 is 56.3. The fourth-order valence-corrected chi connectivity index (χ4v) is 12.7. The average Bonchev–Trinajstić information content (AvgIpc) is 1.14. The minimum atomic E-state index is -4.24. The molecule has 4 atom stereocenters. The lowest BCUT2D eigenvalue weighted by molar-refractivity contribution is -0.194. The van der Waals surface area contributed by atoms with Gasteiger partial charge >= 0.3 is 6.18 Å². The van der Waals surface area contributed by atoms with Crippen LogP contribution in [0.15, 0.2) is 0 Å². The molecule has 560 valence electrons. The highest BCUT2D eigenvalue weighted by molar-refractivity contribution is 5.14. The predicted molar refractivity (Wildman–Crippen MR) is 387 cm³/mol. The molecule has 8 rings (SSSR count). The van der Waals surface area contributed by atoms with Crippen LogP contribution in [0.2, 0.25) is 0 Å². The molecule has 8 saturated heterocycles. The number of rotatable bonds is 19. The van der Waals surface area contributed by atoms with Crippen LogP contribution in [0, 0.1) is 193 Å². The van der Waals surface area contributed by atoms with Gasteiger partial charge in [-0.3, -0.25) is 73.5 Å². The lowest BCUT2D eigenvalue weighted by Gasteiger charge is -2.42. The van der Waals surface area contributed by atoms with E-state index in [0.717, 1.165) is 111 Å². The van der Waals surface area contributed by atoms with Gasteiger partial charge in [-0.1, -0.05) is 37.0 Å². The van der Waals surface area contributed by atoms with Gasteiger partial charge in [0.15, 0.2) is 12.1 Å². The first kappa shape index (κ1) is 93.4. The van der Waals surface area contributed by atoms with Gasteiger partial charge in [-0.25, -0.2) is 4.39 Å². The van der Waals surface area contributed by atoms with Gasteiger partial charge in [0.2, 0.25) is 0 Å². The van der Waals surface area contributed by atoms with Crippen molar-refractivity contribution in [1.29, 1.82) is 52.6 Å². The van der Waals surface area contributed by atoms with Crippen LogP contribution in [0.25, 0.3) is 0 Å². The molecule has 0 aromatic rings. The second-order valence-corrected chi connectivity index (χ2v) is 25.4. The molecule has 104 heavy (non-hydrogen) atoms. The first-order valence-corrected chi connectivity index (χ1v) is 34.5. The number of likely N-dealkylation sites (tertiary alicyclic amines) is 1. The molecular formula is C74H105F4N25O. The molecule has 26 nitrogen and oxygen atoms in total. The number of hydrogen-bond acceptors (Lipinski definition) is 26. The van der Waals surface area contributed by atoms with Crippen molar-refractivity contribution in [2.45, 2.75) is 95.9 Å². The van der Waals surface area contributed by atoms with E-state index in [4.69, 9.17) is 95.9 Å². The smallest absolute Gasteiger partial charge is 0.376 e. The largest absolute Gasteiger partial charge is 0.394 e. The normalized spacial score (nSPS) is 21.9. The number of nitrogens with zero attached hydrogens (tertiary/aromatic N) is 25. The van der Waals surface area contributed by atoms with Crippen molar-refractivity contribution in [2.24, 2.45) is 5.92 Å². The Morgan fingerprint density at radius 1 is 0.385 bits per heavy atom. The quantitative estimate of drug-likeness (QED) is 0.102. The van der Waals surface area contributed by atoms with E-state index in [1.165, 1.54) is 42.2 Å². The van der Waals surface area contributed by atoms with Gasteiger partial charge in [-0.2, -0.15) is 65.8 Å². The molecule has 4 unspecified atom stereocenters. The van der Waals surface area contributed by atoms with E-state index < -0.39 is 30.3 Å². The van der Waals surface area contributed by atoms with Crippen LogP contribution in [0.3, 0.4) is 0 Å². The molecule has 8 aliphatic heterocycles. The third-order valence-corrected chi connectivity index (χ3v) is 17.2. The van der Waals surface area contributed by atoms with Crippen LogP contribution in [-0.4, -0.2) is 347 Å². The maximum absolute atomic E-state index is 13.1. The maximum Gasteiger partial charge on any atom is 0.394 e. The summed E-state index contributed by atoms with van der Waals surface area (Å²) in [5.41, 5.74) is 0. The van der Waals surface area contributed by atoms with Crippen LogP contribution >= 0.6 is 0 Å². The zero-order valence-corrected chi connectivity index (χ0v) is 59.9. The lowest BCUT2D eigenvalue weighted by Crippen LogP contribution is -2.57. The topological polar surface area (TPSA) is 296 Å². The molecule has 0 aromatic carbocycles. The highest BCUT2D eigenvalue weighted by Crippen LogP contribution is 2.30. The SMILES string of the molecule is C.C#CC(C#N)N1CCCN(C(C#N)C#N)C1.C#CCCN1CCCN(CCC#N)C1.C#CCN1CC(C(F)(F)F)CN(CC#N)C1.C#CCN1CC(F)CN(CC#N)C1.C#CCN1CC(N2CCCC2)CN(CC#N)C1.C#CCN1CCCN(CC#N)C1.CCOC1CN(CC#N)CN(CC#N)C1. The van der Waals surface area contributed by atoms with Crippen molar-refractivity contribution in [3.05, 3.63) is 0 Å². The molecule has 0 aromatic heterocycles. The van der Waals surface area contributed by atoms with Crippen molar-refractivity contribution >= 4 is 0 Å². The summed E-state index contributed by atoms with van der Waals surface area (Å²) in [6, 6.07) is 19.7. The Morgan fingerprint density at radius 3 is 1.14 bits per heavy atom. The van der Waals surface area contributed by atoms with Gasteiger partial charge in [-0.15, -0.1) is 44.5 Å². The summed E-state index contributed by atoms with van der Waals surface area (Å²) in [6.07, 6.45) is 33.4. The first-order chi connectivity index (χ1) is 49.8. The fourth-order valence-electron chi connectivity index (χ4n) is 12.7. The Hall–Kier alpha value is -8.66. The van der Waals surface area contributed by atoms with Crippen LogP contribution < -0.4 is 0 Å². The monoisotopic (exact) mass is 1440 g/mol. The minimum Gasteiger partial charge on any atom is -0.376 e. The molecule has 0 bridgehead atoms. The summed E-state index contributed by atoms with van der Waals surface area (Å²) in [7, 11) is 0. The highest BCUT2D eigenvalue weighted by Gasteiger charge is 2.44. The summed E-state index contributed by atoms with van der Waals surface area (Å²) in [6.45, 7) is 25.5. The van der Waals surface area contributed by atoms with E-state index in [1.54, 1.807) is 14.7 Å². The third-order valence-electron chi connectivity index (χ3n) is 17.2. The van der Waals surface area contributed by atoms with Gasteiger partial charge in [-0.05, 0) is 52.1 Å². The lowest BCUT2D eigenvalue weighted by atomic mass is 10.1. The Morgan fingerprint density at radius 2 is 0.731 bits per heavy atom. The third kappa shape index (κ3) is 38.7. The summed E-state index contributed by atoms with van der Waals surface area (Å²) in [4.78, 5) is 30.1. The molecule has 8 heterocycles. The molecule has 0 saturated carbocycles. The van der Waals surface area contributed by atoms with Gasteiger partial charge < -0.3 is 4.74 Å². The average molecular weight is 1440 g/mol. The maximum atomic E-state index is 13.1. The van der Waals surface area contributed by atoms with Crippen molar-refractivity contribution in [1.82, 2.24) is 73.5 Å². The van der Waals surface area contributed by atoms with E-state index in [0.29, 0.717) is 111 Å². The molecule has 30 heteroatoms. The molecular weight excluding hydrogens is 1330 g/mol. The Balaban J connectivity index is 0.000000607. The zero-order valence-electron chi connectivity index (χ0n) is 59.9. The molecule has 8 aliphatic rings. The number of alkyl halides is 4. The summed E-state index contributed by atoms with van der Waals surface area (Å²) in [5, 5.41) is 86.4. The van der Waals surface area contributed by atoms with Crippen LogP contribution in [-0.2, 0) is 4.74 Å². The highest BCUT2D eigenvalue weighted by atomic mass is 19.4. The number of terminal acetylenes is 6. The minimum absolute atomic E-state index is 0. The number of hydrogen-bond donors (Lipinski definition) is 0. The standard InChI is InChI=1S/C13H20N4.C11H11N5.C11H17N3.C10H12F3N3.C10H16N4O.C9H12FN3.C9H13N3.CH4/c1-2-6-15-10-13(17-7-3-4-8-17)11-16(12-15)9-5-14;1-2-10(6-12)15-4-3-5-16(9-15)11(7-13)8-14;1-2-3-7-13-9-5-10-14(11-13)8-4-6-12;1-2-4-15-6-9(10(11,12)13)7-16(8-15)5-3-14;1-2-15-10-7-13(5-3-11)9-14(8-10)6-4-12;1-2-4-12-6-9(10)7-13(8-12)5-3-11;1-2-5-11-6-3-7-12(9-11)8-4-10;/h1,13H,3-4,6-12H2;1,10-11H,3-5,9H2;1H,3-5,7-11H2;1,9H,4-8H2;10H,2,5-9H2,1H3;1,9H,4-8H2;1H,3,5-9H2;1H4. The van der Waals surface area contributed by atoms with Crippen molar-refractivity contribution in [3.8, 4) is 135 Å². The van der Waals surface area contributed by atoms with Crippen molar-refractivity contribution in [3.63, 3.8) is 0 Å². The molecule has 0 amide bonds. The van der Waals surface area contributed by atoms with E-state index in [-0.39, 0.29) is 46.3 Å². The van der Waals surface area contributed by atoms with E-state index in [2.05, 4.69) is 100 Å². The predicted octanol–water partition coefficient (Wildman–Crippen LogP) is 2.68. The summed E-state index contributed by atoms with van der Waals surface area (Å²) in [5.74, 6) is 13.7. The number of nitriles is 10. The van der Waals surface area contributed by atoms with Gasteiger partial charge in [0.25, 0.3) is 0 Å². The Labute approximate surface area is 618 Å². The molecule has 0 spiro atoms. The Kier molecular flexibility index (Phi) is 50.9. The fraction of sp³-hybridized carbons (Fsp3) is 0.703. The first-order valence-electron chi connectivity index (χ1n) is 34.5. The number of halogens is 4. The van der Waals surface area contributed by atoms with Crippen molar-refractivity contribution in [2.75, 3.05) is 237 Å². The Bertz CT molecular complexity index is 2960. The zero-order chi connectivity index (χ0) is 76.1. The van der Waals surface area contributed by atoms with E-state index in [1.807, 2.05) is 52.0 Å².